The third-order valence-electron chi connectivity index (χ3n) is 0.620. The molecule has 0 radical (unpaired) electrons. The quantitative estimate of drug-likeness (QED) is 0.508. The molecule has 0 aliphatic heterocycles. The van der Waals surface area contributed by atoms with Gasteiger partial charge in [0, 0.05) is 12.2 Å². The number of hydrogen-bond acceptors (Lipinski definition) is 4. The lowest BCUT2D eigenvalue weighted by atomic mass is 10.6. The molecular weight excluding hydrogens is 174 g/mol. The molecule has 70 valence electrons. The summed E-state index contributed by atoms with van der Waals surface area (Å²) in [7, 11) is 0. The molecule has 13 heavy (non-hydrogen) atoms. The standard InChI is InChI=1S/C5H5NO2.C3H4O2/c1-2-5(7)8-4-3-6;1-2-3(4)5/h2H,1,4H2;2H,1H2,(H,4,5). The number of carboxylic acid groups (broad SMARTS) is 1. The molecule has 0 bridgehead atoms. The third kappa shape index (κ3) is 17.8. The average Bonchev–Trinajstić information content (AvgIpc) is 2.15. The van der Waals surface area contributed by atoms with Crippen molar-refractivity contribution in [3.63, 3.8) is 0 Å². The lowest BCUT2D eigenvalue weighted by Gasteiger charge is -1.88. The first-order chi connectivity index (χ1) is 6.08. The summed E-state index contributed by atoms with van der Waals surface area (Å²) in [6.45, 7) is 5.89. The SMILES string of the molecule is C=CC(=O)O.C=CC(=O)OCC#N. The predicted molar refractivity (Wildman–Crippen MR) is 44.6 cm³/mol. The van der Waals surface area contributed by atoms with Crippen molar-refractivity contribution in [3.05, 3.63) is 25.3 Å². The van der Waals surface area contributed by atoms with Gasteiger partial charge in [0.25, 0.3) is 0 Å². The number of carboxylic acids is 1. The summed E-state index contributed by atoms with van der Waals surface area (Å²) < 4.78 is 4.22. The van der Waals surface area contributed by atoms with Crippen LogP contribution in [0, 0.1) is 11.3 Å². The molecule has 0 atom stereocenters. The first kappa shape index (κ1) is 13.5. The van der Waals surface area contributed by atoms with Crippen LogP contribution in [-0.4, -0.2) is 23.7 Å². The normalized spacial score (nSPS) is 6.69. The van der Waals surface area contributed by atoms with Gasteiger partial charge in [-0.1, -0.05) is 13.2 Å². The summed E-state index contributed by atoms with van der Waals surface area (Å²) in [5.74, 6) is -1.54. The van der Waals surface area contributed by atoms with Crippen LogP contribution in [0.3, 0.4) is 0 Å². The van der Waals surface area contributed by atoms with Gasteiger partial charge in [-0.2, -0.15) is 5.26 Å². The molecule has 0 rings (SSSR count). The highest BCUT2D eigenvalue weighted by Gasteiger charge is 1.89. The Morgan fingerprint density at radius 2 is 1.92 bits per heavy atom. The molecule has 0 spiro atoms. The lowest BCUT2D eigenvalue weighted by molar-refractivity contribution is -0.136. The van der Waals surface area contributed by atoms with E-state index in [1.807, 2.05) is 0 Å². The van der Waals surface area contributed by atoms with E-state index in [1.54, 1.807) is 6.07 Å². The van der Waals surface area contributed by atoms with Gasteiger partial charge in [0.1, 0.15) is 6.07 Å². The zero-order chi connectivity index (χ0) is 10.7. The van der Waals surface area contributed by atoms with E-state index in [0.29, 0.717) is 0 Å². The van der Waals surface area contributed by atoms with Gasteiger partial charge in [-0.25, -0.2) is 9.59 Å². The molecule has 0 aromatic heterocycles. The number of nitriles is 1. The van der Waals surface area contributed by atoms with Crippen LogP contribution in [0.25, 0.3) is 0 Å². The first-order valence-corrected chi connectivity index (χ1v) is 3.10. The fraction of sp³-hybridized carbons (Fsp3) is 0.125. The van der Waals surface area contributed by atoms with Gasteiger partial charge in [0.05, 0.1) is 0 Å². The van der Waals surface area contributed by atoms with E-state index in [-0.39, 0.29) is 6.61 Å². The van der Waals surface area contributed by atoms with Crippen LogP contribution in [0.4, 0.5) is 0 Å². The van der Waals surface area contributed by atoms with Crippen LogP contribution >= 0.6 is 0 Å². The Balaban J connectivity index is 0. The highest BCUT2D eigenvalue weighted by atomic mass is 16.5. The highest BCUT2D eigenvalue weighted by Crippen LogP contribution is 1.74. The van der Waals surface area contributed by atoms with Gasteiger partial charge in [0.15, 0.2) is 6.61 Å². The molecular formula is C8H9NO4. The van der Waals surface area contributed by atoms with Crippen LogP contribution in [0.15, 0.2) is 25.3 Å². The summed E-state index contributed by atoms with van der Waals surface area (Å²) in [5, 5.41) is 15.5. The molecule has 0 heterocycles. The van der Waals surface area contributed by atoms with Gasteiger partial charge in [-0.15, -0.1) is 0 Å². The number of carbonyl (C=O) groups is 2. The summed E-state index contributed by atoms with van der Waals surface area (Å²) >= 11 is 0. The second-order valence-electron chi connectivity index (χ2n) is 1.51. The molecule has 0 fully saturated rings. The molecule has 5 heteroatoms. The van der Waals surface area contributed by atoms with Crippen LogP contribution in [0.5, 0.6) is 0 Å². The minimum absolute atomic E-state index is 0.204. The van der Waals surface area contributed by atoms with E-state index in [9.17, 15) is 9.59 Å². The number of ether oxygens (including phenoxy) is 1. The maximum atomic E-state index is 10.1. The Morgan fingerprint density at radius 1 is 1.46 bits per heavy atom. The third-order valence-corrected chi connectivity index (χ3v) is 0.620. The molecule has 0 unspecified atom stereocenters. The van der Waals surface area contributed by atoms with Crippen LogP contribution in [-0.2, 0) is 14.3 Å². The van der Waals surface area contributed by atoms with E-state index < -0.39 is 11.9 Å². The van der Waals surface area contributed by atoms with Crippen LogP contribution < -0.4 is 0 Å². The molecule has 0 saturated carbocycles. The van der Waals surface area contributed by atoms with E-state index in [2.05, 4.69) is 17.9 Å². The van der Waals surface area contributed by atoms with Gasteiger partial charge in [-0.05, 0) is 0 Å². The Bertz CT molecular complexity index is 239. The molecule has 5 nitrogen and oxygen atoms in total. The molecule has 0 aliphatic rings. The van der Waals surface area contributed by atoms with Crippen LogP contribution in [0.1, 0.15) is 0 Å². The molecule has 0 aliphatic carbocycles. The van der Waals surface area contributed by atoms with Gasteiger partial charge >= 0.3 is 11.9 Å². The zero-order valence-electron chi connectivity index (χ0n) is 6.90. The average molecular weight is 183 g/mol. The second kappa shape index (κ2) is 9.91. The van der Waals surface area contributed by atoms with Crippen molar-refractivity contribution >= 4 is 11.9 Å². The van der Waals surface area contributed by atoms with Crippen molar-refractivity contribution in [2.24, 2.45) is 0 Å². The molecule has 1 N–H and O–H groups in total. The maximum Gasteiger partial charge on any atom is 0.331 e. The number of hydrogen-bond donors (Lipinski definition) is 1. The van der Waals surface area contributed by atoms with Gasteiger partial charge in [0.2, 0.25) is 0 Å². The number of carbonyl (C=O) groups excluding carboxylic acids is 1. The van der Waals surface area contributed by atoms with E-state index >= 15 is 0 Å². The summed E-state index contributed by atoms with van der Waals surface area (Å²) in [4.78, 5) is 19.3. The summed E-state index contributed by atoms with van der Waals surface area (Å²) in [6.07, 6.45) is 1.84. The Morgan fingerprint density at radius 3 is 2.15 bits per heavy atom. The Labute approximate surface area is 75.5 Å². The van der Waals surface area contributed by atoms with E-state index in [4.69, 9.17) is 10.4 Å². The number of rotatable bonds is 3. The fourth-order valence-electron chi connectivity index (χ4n) is 0.162. The minimum atomic E-state index is -0.981. The molecule has 0 amide bonds. The van der Waals surface area contributed by atoms with Crippen molar-refractivity contribution in [3.8, 4) is 6.07 Å². The van der Waals surface area contributed by atoms with Gasteiger partial charge < -0.3 is 9.84 Å². The lowest BCUT2D eigenvalue weighted by Crippen LogP contribution is -1.98. The fourth-order valence-corrected chi connectivity index (χ4v) is 0.162. The summed E-state index contributed by atoms with van der Waals surface area (Å²) in [5.41, 5.74) is 0. The van der Waals surface area contributed by atoms with Crippen molar-refractivity contribution in [2.75, 3.05) is 6.61 Å². The monoisotopic (exact) mass is 183 g/mol. The molecule has 0 aromatic rings. The Hall–Kier alpha value is -2.09. The van der Waals surface area contributed by atoms with Crippen molar-refractivity contribution in [2.45, 2.75) is 0 Å². The van der Waals surface area contributed by atoms with Crippen molar-refractivity contribution < 1.29 is 19.4 Å². The largest absolute Gasteiger partial charge is 0.478 e. The number of esters is 1. The van der Waals surface area contributed by atoms with Crippen molar-refractivity contribution in [1.82, 2.24) is 0 Å². The number of aliphatic carboxylic acids is 1. The Kier molecular flexibility index (Phi) is 10.3. The van der Waals surface area contributed by atoms with Gasteiger partial charge in [-0.3, -0.25) is 0 Å². The van der Waals surface area contributed by atoms with E-state index in [0.717, 1.165) is 12.2 Å². The van der Waals surface area contributed by atoms with Crippen molar-refractivity contribution in [1.29, 1.82) is 5.26 Å². The number of nitrogens with zero attached hydrogens (tertiary/aromatic N) is 1. The minimum Gasteiger partial charge on any atom is -0.478 e. The second-order valence-corrected chi connectivity index (χ2v) is 1.51. The predicted octanol–water partition coefficient (Wildman–Crippen LogP) is 0.496. The topological polar surface area (TPSA) is 87.4 Å². The zero-order valence-corrected chi connectivity index (χ0v) is 6.90. The highest BCUT2D eigenvalue weighted by molar-refractivity contribution is 5.81. The molecule has 0 aromatic carbocycles. The van der Waals surface area contributed by atoms with E-state index in [1.165, 1.54) is 0 Å². The summed E-state index contributed by atoms with van der Waals surface area (Å²) in [6, 6.07) is 1.64. The van der Waals surface area contributed by atoms with Crippen LogP contribution in [0.2, 0.25) is 0 Å². The maximum absolute atomic E-state index is 10.1. The smallest absolute Gasteiger partial charge is 0.331 e. The first-order valence-electron chi connectivity index (χ1n) is 3.10. The molecule has 0 saturated heterocycles.